The second kappa shape index (κ2) is 6.83. The van der Waals surface area contributed by atoms with Crippen molar-refractivity contribution in [3.63, 3.8) is 0 Å². The monoisotopic (exact) mass is 302 g/mol. The van der Waals surface area contributed by atoms with Gasteiger partial charge in [-0.25, -0.2) is 0 Å². The molecular weight excluding hydrogens is 281 g/mol. The van der Waals surface area contributed by atoms with E-state index in [0.717, 1.165) is 18.6 Å². The van der Waals surface area contributed by atoms with E-state index in [2.05, 4.69) is 5.32 Å². The van der Waals surface area contributed by atoms with Crippen molar-refractivity contribution >= 4 is 17.3 Å². The van der Waals surface area contributed by atoms with Gasteiger partial charge in [-0.2, -0.15) is 13.2 Å². The number of anilines is 2. The molecule has 1 rings (SSSR count). The van der Waals surface area contributed by atoms with Gasteiger partial charge in [-0.15, -0.1) is 0 Å². The molecule has 1 atom stereocenters. The third-order valence-electron chi connectivity index (χ3n) is 3.23. The van der Waals surface area contributed by atoms with Crippen LogP contribution < -0.4 is 10.2 Å². The molecule has 0 aliphatic heterocycles. The Labute approximate surface area is 123 Å². The van der Waals surface area contributed by atoms with Crippen LogP contribution in [0.5, 0.6) is 0 Å². The Morgan fingerprint density at radius 1 is 1.33 bits per heavy atom. The summed E-state index contributed by atoms with van der Waals surface area (Å²) in [7, 11) is 3.43. The van der Waals surface area contributed by atoms with Crippen LogP contribution >= 0.6 is 0 Å². The third kappa shape index (κ3) is 4.65. The Morgan fingerprint density at radius 2 is 1.95 bits per heavy atom. The van der Waals surface area contributed by atoms with Crippen molar-refractivity contribution in [1.82, 2.24) is 0 Å². The Hall–Kier alpha value is -1.72. The summed E-state index contributed by atoms with van der Waals surface area (Å²) in [5, 5.41) is 2.61. The lowest BCUT2D eigenvalue weighted by Crippen LogP contribution is -2.22. The fourth-order valence-electron chi connectivity index (χ4n) is 2.02. The smallest absolute Gasteiger partial charge is 0.376 e. The summed E-state index contributed by atoms with van der Waals surface area (Å²) in [5.74, 6) is -0.501. The first-order valence-electron chi connectivity index (χ1n) is 6.86. The lowest BCUT2D eigenvalue weighted by Gasteiger charge is -2.21. The first-order chi connectivity index (χ1) is 9.66. The van der Waals surface area contributed by atoms with Crippen molar-refractivity contribution in [2.75, 3.05) is 24.3 Å². The fraction of sp³-hybridized carbons (Fsp3) is 0.533. The van der Waals surface area contributed by atoms with Gasteiger partial charge in [-0.1, -0.05) is 20.3 Å². The van der Waals surface area contributed by atoms with Crippen LogP contribution in [-0.4, -0.2) is 20.0 Å². The zero-order chi connectivity index (χ0) is 16.2. The van der Waals surface area contributed by atoms with Crippen LogP contribution in [-0.2, 0) is 11.0 Å². The van der Waals surface area contributed by atoms with Crippen LogP contribution in [0, 0.1) is 5.92 Å². The molecule has 0 aromatic heterocycles. The molecule has 118 valence electrons. The molecule has 0 fully saturated rings. The number of hydrogen-bond donors (Lipinski definition) is 1. The van der Waals surface area contributed by atoms with Crippen LogP contribution in [0.4, 0.5) is 24.5 Å². The van der Waals surface area contributed by atoms with Gasteiger partial charge >= 0.3 is 6.18 Å². The van der Waals surface area contributed by atoms with Gasteiger partial charge in [0.15, 0.2) is 0 Å². The molecule has 0 aliphatic rings. The van der Waals surface area contributed by atoms with E-state index in [1.54, 1.807) is 25.9 Å². The molecule has 0 bridgehead atoms. The van der Waals surface area contributed by atoms with Gasteiger partial charge in [0.05, 0.1) is 16.9 Å². The van der Waals surface area contributed by atoms with Crippen LogP contribution in [0.3, 0.4) is 0 Å². The highest BCUT2D eigenvalue weighted by molar-refractivity contribution is 5.95. The molecule has 0 saturated carbocycles. The van der Waals surface area contributed by atoms with E-state index in [1.807, 2.05) is 6.92 Å². The van der Waals surface area contributed by atoms with Gasteiger partial charge in [-0.05, 0) is 24.6 Å². The predicted octanol–water partition coefficient (Wildman–Crippen LogP) is 4.15. The number of benzene rings is 1. The maximum Gasteiger partial charge on any atom is 0.416 e. The minimum atomic E-state index is -4.43. The molecule has 21 heavy (non-hydrogen) atoms. The summed E-state index contributed by atoms with van der Waals surface area (Å²) in [6, 6.07) is 3.36. The first kappa shape index (κ1) is 17.3. The van der Waals surface area contributed by atoms with Crippen molar-refractivity contribution in [3.8, 4) is 0 Å². The number of rotatable bonds is 5. The maximum absolute atomic E-state index is 12.8. The molecule has 1 aromatic carbocycles. The average Bonchev–Trinajstić information content (AvgIpc) is 2.37. The van der Waals surface area contributed by atoms with Gasteiger partial charge in [0, 0.05) is 20.0 Å². The number of carbonyl (C=O) groups excluding carboxylic acids is 1. The van der Waals surface area contributed by atoms with Crippen LogP contribution in [0.25, 0.3) is 0 Å². The van der Waals surface area contributed by atoms with E-state index in [0.29, 0.717) is 12.1 Å². The molecule has 1 amide bonds. The van der Waals surface area contributed by atoms with Crippen molar-refractivity contribution in [2.24, 2.45) is 5.92 Å². The standard InChI is InChI=1S/C15H21F3N2O/c1-5-6-10(2)14(21)19-12-9-11(15(16,17)18)7-8-13(12)20(3)4/h7-10H,5-6H2,1-4H3,(H,19,21). The zero-order valence-corrected chi connectivity index (χ0v) is 12.7. The Balaban J connectivity index is 3.10. The highest BCUT2D eigenvalue weighted by atomic mass is 19.4. The van der Waals surface area contributed by atoms with Gasteiger partial charge in [0.2, 0.25) is 5.91 Å². The predicted molar refractivity (Wildman–Crippen MR) is 78.5 cm³/mol. The van der Waals surface area contributed by atoms with Crippen LogP contribution in [0.15, 0.2) is 18.2 Å². The molecular formula is C15H21F3N2O. The van der Waals surface area contributed by atoms with Gasteiger partial charge in [0.25, 0.3) is 0 Å². The number of alkyl halides is 3. The minimum absolute atomic E-state index is 0.183. The molecule has 1 unspecified atom stereocenters. The highest BCUT2D eigenvalue weighted by Gasteiger charge is 2.31. The molecule has 0 heterocycles. The molecule has 0 aliphatic carbocycles. The summed E-state index contributed by atoms with van der Waals surface area (Å²) in [6.07, 6.45) is -2.89. The summed E-state index contributed by atoms with van der Waals surface area (Å²) in [6.45, 7) is 3.72. The second-order valence-corrected chi connectivity index (χ2v) is 5.30. The highest BCUT2D eigenvalue weighted by Crippen LogP contribution is 2.35. The van der Waals surface area contributed by atoms with Crippen molar-refractivity contribution < 1.29 is 18.0 Å². The fourth-order valence-corrected chi connectivity index (χ4v) is 2.02. The second-order valence-electron chi connectivity index (χ2n) is 5.30. The lowest BCUT2D eigenvalue weighted by atomic mass is 10.0. The minimum Gasteiger partial charge on any atom is -0.376 e. The first-order valence-corrected chi connectivity index (χ1v) is 6.86. The third-order valence-corrected chi connectivity index (χ3v) is 3.23. The summed E-state index contributed by atoms with van der Waals surface area (Å²) < 4.78 is 38.4. The van der Waals surface area contributed by atoms with E-state index in [9.17, 15) is 18.0 Å². The topological polar surface area (TPSA) is 32.3 Å². The Bertz CT molecular complexity index is 498. The SMILES string of the molecule is CCCC(C)C(=O)Nc1cc(C(F)(F)F)ccc1N(C)C. The number of hydrogen-bond acceptors (Lipinski definition) is 2. The van der Waals surface area contributed by atoms with Gasteiger partial charge < -0.3 is 10.2 Å². The molecule has 0 spiro atoms. The number of amides is 1. The zero-order valence-electron chi connectivity index (χ0n) is 12.7. The molecule has 6 heteroatoms. The van der Waals surface area contributed by atoms with Crippen molar-refractivity contribution in [1.29, 1.82) is 0 Å². The number of nitrogens with one attached hydrogen (secondary N) is 1. The normalized spacial score (nSPS) is 12.9. The van der Waals surface area contributed by atoms with Crippen LogP contribution in [0.1, 0.15) is 32.3 Å². The Morgan fingerprint density at radius 3 is 2.43 bits per heavy atom. The summed E-state index contributed by atoms with van der Waals surface area (Å²) >= 11 is 0. The van der Waals surface area contributed by atoms with Crippen molar-refractivity contribution in [3.05, 3.63) is 23.8 Å². The van der Waals surface area contributed by atoms with Gasteiger partial charge in [-0.3, -0.25) is 4.79 Å². The number of halogens is 3. The molecule has 0 saturated heterocycles. The van der Waals surface area contributed by atoms with Gasteiger partial charge in [0.1, 0.15) is 0 Å². The maximum atomic E-state index is 12.8. The van der Waals surface area contributed by atoms with E-state index in [4.69, 9.17) is 0 Å². The van der Waals surface area contributed by atoms with Crippen LogP contribution in [0.2, 0.25) is 0 Å². The van der Waals surface area contributed by atoms with E-state index in [1.165, 1.54) is 6.07 Å². The molecule has 1 aromatic rings. The largest absolute Gasteiger partial charge is 0.416 e. The molecule has 0 radical (unpaired) electrons. The molecule has 3 nitrogen and oxygen atoms in total. The van der Waals surface area contributed by atoms with E-state index >= 15 is 0 Å². The van der Waals surface area contributed by atoms with Crippen molar-refractivity contribution in [2.45, 2.75) is 32.9 Å². The summed E-state index contributed by atoms with van der Waals surface area (Å²) in [5.41, 5.74) is -0.0469. The van der Waals surface area contributed by atoms with E-state index < -0.39 is 11.7 Å². The lowest BCUT2D eigenvalue weighted by molar-refractivity contribution is -0.137. The summed E-state index contributed by atoms with van der Waals surface area (Å²) in [4.78, 5) is 13.7. The quantitative estimate of drug-likeness (QED) is 0.886. The number of carbonyl (C=O) groups is 1. The molecule has 1 N–H and O–H groups in total. The average molecular weight is 302 g/mol. The number of nitrogens with zero attached hydrogens (tertiary/aromatic N) is 1. The van der Waals surface area contributed by atoms with E-state index in [-0.39, 0.29) is 17.5 Å². The Kier molecular flexibility index (Phi) is 5.63.